The van der Waals surface area contributed by atoms with Gasteiger partial charge in [-0.15, -0.1) is 0 Å². The Morgan fingerprint density at radius 3 is 2.44 bits per heavy atom. The Morgan fingerprint density at radius 2 is 1.74 bits per heavy atom. The van der Waals surface area contributed by atoms with Gasteiger partial charge in [-0.1, -0.05) is 36.4 Å². The third kappa shape index (κ3) is 2.99. The zero-order valence-corrected chi connectivity index (χ0v) is 14.0. The van der Waals surface area contributed by atoms with Crippen LogP contribution in [-0.2, 0) is 20.5 Å². The van der Waals surface area contributed by atoms with E-state index in [1.54, 1.807) is 12.1 Å². The van der Waals surface area contributed by atoms with Crippen molar-refractivity contribution in [2.24, 2.45) is 0 Å². The van der Waals surface area contributed by atoms with Crippen molar-refractivity contribution < 1.29 is 27.5 Å². The van der Waals surface area contributed by atoms with Crippen molar-refractivity contribution in [2.45, 2.75) is 18.5 Å². The molecule has 0 N–H and O–H groups in total. The van der Waals surface area contributed by atoms with Gasteiger partial charge in [0, 0.05) is 18.0 Å². The molecule has 0 radical (unpaired) electrons. The van der Waals surface area contributed by atoms with Gasteiger partial charge >= 0.3 is 12.1 Å². The van der Waals surface area contributed by atoms with Crippen LogP contribution < -0.4 is 4.90 Å². The van der Waals surface area contributed by atoms with Crippen molar-refractivity contribution in [1.29, 1.82) is 0 Å². The van der Waals surface area contributed by atoms with Crippen molar-refractivity contribution in [2.75, 3.05) is 11.5 Å². The molecule has 1 unspecified atom stereocenters. The molecule has 2 aromatic carbocycles. The van der Waals surface area contributed by atoms with Gasteiger partial charge in [0.2, 0.25) is 5.91 Å². The second-order valence-corrected chi connectivity index (χ2v) is 6.38. The first kappa shape index (κ1) is 17.3. The van der Waals surface area contributed by atoms with Gasteiger partial charge in [-0.2, -0.15) is 13.2 Å². The Bertz CT molecular complexity index is 950. The van der Waals surface area contributed by atoms with Crippen LogP contribution in [0.2, 0.25) is 0 Å². The summed E-state index contributed by atoms with van der Waals surface area (Å²) in [6, 6.07) is 13.6. The average Bonchev–Trinajstić information content (AvgIpc) is 3.03. The molecule has 0 saturated carbocycles. The summed E-state index contributed by atoms with van der Waals surface area (Å²) < 4.78 is 44.3. The van der Waals surface area contributed by atoms with Crippen LogP contribution in [0, 0.1) is 0 Å². The molecule has 138 valence electrons. The zero-order chi connectivity index (χ0) is 19.2. The molecule has 7 heteroatoms. The van der Waals surface area contributed by atoms with Crippen LogP contribution >= 0.6 is 0 Å². The first-order valence-corrected chi connectivity index (χ1v) is 8.31. The molecular formula is C20H14F3NO3. The number of benzene rings is 2. The van der Waals surface area contributed by atoms with Gasteiger partial charge in [-0.25, -0.2) is 4.79 Å². The molecule has 0 aliphatic carbocycles. The summed E-state index contributed by atoms with van der Waals surface area (Å²) in [5.41, 5.74) is 0.654. The maximum absolute atomic E-state index is 13.1. The fraction of sp³-hybridized carbons (Fsp3) is 0.200. The summed E-state index contributed by atoms with van der Waals surface area (Å²) in [5, 5.41) is 0. The van der Waals surface area contributed by atoms with Crippen LogP contribution in [-0.4, -0.2) is 18.5 Å². The Balaban J connectivity index is 1.82. The van der Waals surface area contributed by atoms with Gasteiger partial charge in [0.25, 0.3) is 0 Å². The fourth-order valence-corrected chi connectivity index (χ4v) is 3.55. The van der Waals surface area contributed by atoms with Crippen LogP contribution in [0.15, 0.2) is 65.9 Å². The van der Waals surface area contributed by atoms with Crippen molar-refractivity contribution in [1.82, 2.24) is 0 Å². The topological polar surface area (TPSA) is 46.6 Å². The van der Waals surface area contributed by atoms with E-state index in [1.165, 1.54) is 17.0 Å². The maximum Gasteiger partial charge on any atom is 0.416 e. The van der Waals surface area contributed by atoms with Crippen molar-refractivity contribution >= 4 is 17.6 Å². The molecule has 0 bridgehead atoms. The van der Waals surface area contributed by atoms with Crippen LogP contribution in [0.25, 0.3) is 0 Å². The van der Waals surface area contributed by atoms with Gasteiger partial charge in [-0.3, -0.25) is 9.69 Å². The summed E-state index contributed by atoms with van der Waals surface area (Å²) in [7, 11) is 0. The van der Waals surface area contributed by atoms with E-state index in [-0.39, 0.29) is 24.6 Å². The zero-order valence-electron chi connectivity index (χ0n) is 14.0. The Morgan fingerprint density at radius 1 is 1.00 bits per heavy atom. The predicted octanol–water partition coefficient (Wildman–Crippen LogP) is 4.04. The van der Waals surface area contributed by atoms with Gasteiger partial charge in [0.15, 0.2) is 0 Å². The van der Waals surface area contributed by atoms with Gasteiger partial charge < -0.3 is 4.74 Å². The fourth-order valence-electron chi connectivity index (χ4n) is 3.55. The van der Waals surface area contributed by atoms with Crippen molar-refractivity contribution in [3.63, 3.8) is 0 Å². The van der Waals surface area contributed by atoms with E-state index in [9.17, 15) is 22.8 Å². The maximum atomic E-state index is 13.1. The highest BCUT2D eigenvalue weighted by atomic mass is 19.4. The Kier molecular flexibility index (Phi) is 4.02. The van der Waals surface area contributed by atoms with E-state index in [0.717, 1.165) is 17.7 Å². The van der Waals surface area contributed by atoms with Crippen molar-refractivity contribution in [3.8, 4) is 0 Å². The lowest BCUT2D eigenvalue weighted by atomic mass is 9.84. The van der Waals surface area contributed by atoms with Crippen LogP contribution in [0.5, 0.6) is 0 Å². The molecule has 0 fully saturated rings. The number of ether oxygens (including phenoxy) is 1. The normalized spacial score (nSPS) is 20.0. The number of rotatable bonds is 2. The number of esters is 1. The number of cyclic esters (lactones) is 1. The largest absolute Gasteiger partial charge is 0.456 e. The summed E-state index contributed by atoms with van der Waals surface area (Å²) in [6.45, 7) is -0.139. The lowest BCUT2D eigenvalue weighted by Crippen LogP contribution is -2.37. The molecule has 1 amide bonds. The van der Waals surface area contributed by atoms with Crippen LogP contribution in [0.1, 0.15) is 23.5 Å². The number of halogens is 3. The van der Waals surface area contributed by atoms with Gasteiger partial charge in [-0.05, 0) is 23.8 Å². The minimum atomic E-state index is -4.53. The summed E-state index contributed by atoms with van der Waals surface area (Å²) in [6.07, 6.45) is -4.55. The molecule has 4 nitrogen and oxygen atoms in total. The lowest BCUT2D eigenvalue weighted by molar-refractivity contribution is -0.138. The molecule has 0 aromatic heterocycles. The minimum Gasteiger partial charge on any atom is -0.456 e. The Hall–Kier alpha value is -3.09. The standard InChI is InChI=1S/C20H14F3NO3/c21-20(22,23)13-7-4-8-14(9-13)24-16-11-27-19(26)18(16)15(10-17(24)25)12-5-2-1-3-6-12/h1-9,15H,10-11H2. The Labute approximate surface area is 152 Å². The molecule has 2 aliphatic rings. The number of amides is 1. The van der Waals surface area contributed by atoms with Gasteiger partial charge in [0.1, 0.15) is 6.61 Å². The molecule has 27 heavy (non-hydrogen) atoms. The molecular weight excluding hydrogens is 359 g/mol. The molecule has 0 spiro atoms. The van der Waals surface area contributed by atoms with E-state index >= 15 is 0 Å². The number of nitrogens with zero attached hydrogens (tertiary/aromatic N) is 1. The molecule has 2 aliphatic heterocycles. The highest BCUT2D eigenvalue weighted by molar-refractivity contribution is 6.06. The second kappa shape index (κ2) is 6.26. The number of hydrogen-bond donors (Lipinski definition) is 0. The molecule has 2 aromatic rings. The number of carbonyl (C=O) groups excluding carboxylic acids is 2. The third-order valence-corrected chi connectivity index (χ3v) is 4.75. The molecule has 2 heterocycles. The summed E-state index contributed by atoms with van der Waals surface area (Å²) >= 11 is 0. The van der Waals surface area contributed by atoms with Crippen molar-refractivity contribution in [3.05, 3.63) is 77.0 Å². The lowest BCUT2D eigenvalue weighted by Gasteiger charge is -2.32. The average molecular weight is 373 g/mol. The third-order valence-electron chi connectivity index (χ3n) is 4.75. The van der Waals surface area contributed by atoms with Gasteiger partial charge in [0.05, 0.1) is 16.8 Å². The molecule has 0 saturated heterocycles. The summed E-state index contributed by atoms with van der Waals surface area (Å²) in [4.78, 5) is 26.3. The quantitative estimate of drug-likeness (QED) is 0.747. The number of anilines is 1. The highest BCUT2D eigenvalue weighted by Gasteiger charge is 2.43. The number of alkyl halides is 3. The van der Waals surface area contributed by atoms with E-state index < -0.39 is 23.6 Å². The summed E-state index contributed by atoms with van der Waals surface area (Å²) in [5.74, 6) is -1.38. The second-order valence-electron chi connectivity index (χ2n) is 6.38. The highest BCUT2D eigenvalue weighted by Crippen LogP contribution is 2.42. The first-order chi connectivity index (χ1) is 12.9. The molecule has 1 atom stereocenters. The SMILES string of the molecule is O=C1OCC2=C1C(c1ccccc1)CC(=O)N2c1cccc(C(F)(F)F)c1. The minimum absolute atomic E-state index is 0.0197. The van der Waals surface area contributed by atoms with E-state index in [1.807, 2.05) is 18.2 Å². The number of carbonyl (C=O) groups is 2. The molecule has 4 rings (SSSR count). The predicted molar refractivity (Wildman–Crippen MR) is 90.7 cm³/mol. The first-order valence-electron chi connectivity index (χ1n) is 8.31. The van der Waals surface area contributed by atoms with E-state index in [0.29, 0.717) is 11.3 Å². The van der Waals surface area contributed by atoms with E-state index in [4.69, 9.17) is 4.74 Å². The van der Waals surface area contributed by atoms with E-state index in [2.05, 4.69) is 0 Å². The smallest absolute Gasteiger partial charge is 0.416 e. The van der Waals surface area contributed by atoms with Crippen LogP contribution in [0.3, 0.4) is 0 Å². The number of hydrogen-bond acceptors (Lipinski definition) is 3. The monoisotopic (exact) mass is 373 g/mol. The van der Waals surface area contributed by atoms with Crippen LogP contribution in [0.4, 0.5) is 18.9 Å².